The molecule has 1 rings (SSSR count). The summed E-state index contributed by atoms with van der Waals surface area (Å²) in [6.07, 6.45) is 0. The van der Waals surface area contributed by atoms with Crippen LogP contribution in [0.4, 0.5) is 0 Å². The second kappa shape index (κ2) is 7.29. The Bertz CT molecular complexity index is 455. The van der Waals surface area contributed by atoms with Crippen molar-refractivity contribution in [1.29, 1.82) is 0 Å². The van der Waals surface area contributed by atoms with E-state index in [4.69, 9.17) is 4.74 Å². The Labute approximate surface area is 121 Å². The van der Waals surface area contributed by atoms with Gasteiger partial charge in [-0.15, -0.1) is 0 Å². The number of benzene rings is 1. The molecule has 4 nitrogen and oxygen atoms in total. The molecule has 4 heteroatoms. The van der Waals surface area contributed by atoms with Crippen molar-refractivity contribution in [3.8, 4) is 5.75 Å². The van der Waals surface area contributed by atoms with E-state index >= 15 is 0 Å². The first-order chi connectivity index (χ1) is 9.35. The van der Waals surface area contributed by atoms with Crippen LogP contribution >= 0.6 is 0 Å². The highest BCUT2D eigenvalue weighted by Gasteiger charge is 2.15. The molecule has 0 bridgehead atoms. The van der Waals surface area contributed by atoms with Crippen molar-refractivity contribution >= 4 is 5.97 Å². The highest BCUT2D eigenvalue weighted by molar-refractivity contribution is 5.91. The lowest BCUT2D eigenvalue weighted by atomic mass is 10.1. The second-order valence-corrected chi connectivity index (χ2v) is 5.76. The van der Waals surface area contributed by atoms with Crippen LogP contribution < -0.4 is 4.74 Å². The minimum absolute atomic E-state index is 0.221. The molecular weight excluding hydrogens is 254 g/mol. The summed E-state index contributed by atoms with van der Waals surface area (Å²) in [6, 6.07) is 5.79. The fraction of sp³-hybridized carbons (Fsp3) is 0.562. The lowest BCUT2D eigenvalue weighted by Crippen LogP contribution is -2.33. The quantitative estimate of drug-likeness (QED) is 0.832. The van der Waals surface area contributed by atoms with Gasteiger partial charge >= 0.3 is 5.97 Å². The van der Waals surface area contributed by atoms with Crippen LogP contribution in [0, 0.1) is 5.92 Å². The van der Waals surface area contributed by atoms with Gasteiger partial charge in [-0.05, 0) is 37.5 Å². The SMILES string of the molecule is COc1ccc(CN(CC(C)C)C(C)C)cc1C(=O)O. The third kappa shape index (κ3) is 4.53. The number of nitrogens with zero attached hydrogens (tertiary/aromatic N) is 1. The summed E-state index contributed by atoms with van der Waals surface area (Å²) in [6.45, 7) is 10.4. The molecule has 1 aromatic carbocycles. The third-order valence-electron chi connectivity index (χ3n) is 3.21. The number of carbonyl (C=O) groups is 1. The van der Waals surface area contributed by atoms with Gasteiger partial charge < -0.3 is 9.84 Å². The van der Waals surface area contributed by atoms with Gasteiger partial charge in [0.15, 0.2) is 0 Å². The minimum Gasteiger partial charge on any atom is -0.496 e. The van der Waals surface area contributed by atoms with Gasteiger partial charge in [0.05, 0.1) is 7.11 Å². The van der Waals surface area contributed by atoms with Gasteiger partial charge in [0.2, 0.25) is 0 Å². The largest absolute Gasteiger partial charge is 0.496 e. The van der Waals surface area contributed by atoms with Crippen molar-refractivity contribution in [3.05, 3.63) is 29.3 Å². The summed E-state index contributed by atoms with van der Waals surface area (Å²) < 4.78 is 5.08. The average molecular weight is 279 g/mol. The van der Waals surface area contributed by atoms with Crippen LogP contribution in [0.5, 0.6) is 5.75 Å². The number of carboxylic acids is 1. The topological polar surface area (TPSA) is 49.8 Å². The van der Waals surface area contributed by atoms with E-state index in [0.717, 1.165) is 18.7 Å². The molecule has 0 aromatic heterocycles. The number of methoxy groups -OCH3 is 1. The molecule has 0 saturated carbocycles. The first-order valence-corrected chi connectivity index (χ1v) is 6.99. The highest BCUT2D eigenvalue weighted by atomic mass is 16.5. The van der Waals surface area contributed by atoms with Gasteiger partial charge in [-0.2, -0.15) is 0 Å². The molecule has 0 amide bonds. The Hall–Kier alpha value is -1.55. The molecule has 1 N–H and O–H groups in total. The summed E-state index contributed by atoms with van der Waals surface area (Å²) in [5.74, 6) is 0.0273. The maximum Gasteiger partial charge on any atom is 0.339 e. The Kier molecular flexibility index (Phi) is 6.02. The van der Waals surface area contributed by atoms with E-state index in [1.54, 1.807) is 12.1 Å². The van der Waals surface area contributed by atoms with E-state index in [0.29, 0.717) is 17.7 Å². The number of ether oxygens (including phenoxy) is 1. The Morgan fingerprint density at radius 1 is 1.30 bits per heavy atom. The van der Waals surface area contributed by atoms with E-state index in [1.807, 2.05) is 6.07 Å². The van der Waals surface area contributed by atoms with Gasteiger partial charge in [-0.3, -0.25) is 4.90 Å². The van der Waals surface area contributed by atoms with E-state index in [-0.39, 0.29) is 5.56 Å². The van der Waals surface area contributed by atoms with Crippen molar-refractivity contribution in [3.63, 3.8) is 0 Å². The normalized spacial score (nSPS) is 11.4. The first kappa shape index (κ1) is 16.5. The molecule has 0 unspecified atom stereocenters. The molecule has 0 radical (unpaired) electrons. The van der Waals surface area contributed by atoms with Crippen LogP contribution in [0.25, 0.3) is 0 Å². The highest BCUT2D eigenvalue weighted by Crippen LogP contribution is 2.21. The molecule has 0 aliphatic rings. The molecule has 0 heterocycles. The molecule has 0 aliphatic carbocycles. The van der Waals surface area contributed by atoms with Crippen molar-refractivity contribution < 1.29 is 14.6 Å². The van der Waals surface area contributed by atoms with Crippen LogP contribution in [0.2, 0.25) is 0 Å². The zero-order chi connectivity index (χ0) is 15.3. The molecule has 112 valence electrons. The Morgan fingerprint density at radius 3 is 2.40 bits per heavy atom. The van der Waals surface area contributed by atoms with Crippen LogP contribution in [-0.2, 0) is 6.54 Å². The number of hydrogen-bond donors (Lipinski definition) is 1. The third-order valence-corrected chi connectivity index (χ3v) is 3.21. The standard InChI is InChI=1S/C16H25NO3/c1-11(2)9-17(12(3)4)10-13-6-7-15(20-5)14(8-13)16(18)19/h6-8,11-12H,9-10H2,1-5H3,(H,18,19). The number of aromatic carboxylic acids is 1. The molecule has 0 fully saturated rings. The summed E-state index contributed by atoms with van der Waals surface area (Å²) in [4.78, 5) is 13.6. The van der Waals surface area contributed by atoms with E-state index < -0.39 is 5.97 Å². The van der Waals surface area contributed by atoms with E-state index in [1.165, 1.54) is 7.11 Å². The molecule has 0 spiro atoms. The van der Waals surface area contributed by atoms with Crippen LogP contribution in [0.15, 0.2) is 18.2 Å². The molecule has 0 atom stereocenters. The lowest BCUT2D eigenvalue weighted by Gasteiger charge is -2.28. The van der Waals surface area contributed by atoms with Gasteiger partial charge in [0.1, 0.15) is 11.3 Å². The summed E-state index contributed by atoms with van der Waals surface area (Å²) in [7, 11) is 1.49. The van der Waals surface area contributed by atoms with Crippen LogP contribution in [-0.4, -0.2) is 35.7 Å². The number of carboxylic acid groups (broad SMARTS) is 1. The molecule has 0 aliphatic heterocycles. The predicted octanol–water partition coefficient (Wildman–Crippen LogP) is 3.26. The van der Waals surface area contributed by atoms with Crippen molar-refractivity contribution in [2.45, 2.75) is 40.3 Å². The molecular formula is C16H25NO3. The summed E-state index contributed by atoms with van der Waals surface area (Å²) in [5.41, 5.74) is 1.22. The number of rotatable bonds is 7. The smallest absolute Gasteiger partial charge is 0.339 e. The van der Waals surface area contributed by atoms with Crippen LogP contribution in [0.1, 0.15) is 43.6 Å². The fourth-order valence-corrected chi connectivity index (χ4v) is 2.18. The van der Waals surface area contributed by atoms with Crippen molar-refractivity contribution in [1.82, 2.24) is 4.90 Å². The van der Waals surface area contributed by atoms with Crippen molar-refractivity contribution in [2.24, 2.45) is 5.92 Å². The van der Waals surface area contributed by atoms with Crippen molar-refractivity contribution in [2.75, 3.05) is 13.7 Å². The monoisotopic (exact) mass is 279 g/mol. The minimum atomic E-state index is -0.955. The van der Waals surface area contributed by atoms with Gasteiger partial charge in [-0.1, -0.05) is 19.9 Å². The van der Waals surface area contributed by atoms with E-state index in [9.17, 15) is 9.90 Å². The first-order valence-electron chi connectivity index (χ1n) is 6.99. The second-order valence-electron chi connectivity index (χ2n) is 5.76. The number of hydrogen-bond acceptors (Lipinski definition) is 3. The maximum absolute atomic E-state index is 11.2. The Balaban J connectivity index is 2.96. The zero-order valence-electron chi connectivity index (χ0n) is 13.0. The van der Waals surface area contributed by atoms with Gasteiger partial charge in [-0.25, -0.2) is 4.79 Å². The fourth-order valence-electron chi connectivity index (χ4n) is 2.18. The van der Waals surface area contributed by atoms with Gasteiger partial charge in [0, 0.05) is 19.1 Å². The molecule has 1 aromatic rings. The predicted molar refractivity (Wildman–Crippen MR) is 80.3 cm³/mol. The maximum atomic E-state index is 11.2. The zero-order valence-corrected chi connectivity index (χ0v) is 13.0. The summed E-state index contributed by atoms with van der Waals surface area (Å²) >= 11 is 0. The lowest BCUT2D eigenvalue weighted by molar-refractivity contribution is 0.0693. The molecule has 20 heavy (non-hydrogen) atoms. The molecule has 0 saturated heterocycles. The van der Waals surface area contributed by atoms with Crippen LogP contribution in [0.3, 0.4) is 0 Å². The average Bonchev–Trinajstić information content (AvgIpc) is 2.37. The van der Waals surface area contributed by atoms with E-state index in [2.05, 4.69) is 32.6 Å². The van der Waals surface area contributed by atoms with Gasteiger partial charge in [0.25, 0.3) is 0 Å². The Morgan fingerprint density at radius 2 is 1.95 bits per heavy atom. The summed E-state index contributed by atoms with van der Waals surface area (Å²) in [5, 5.41) is 9.22.